The predicted molar refractivity (Wildman–Crippen MR) is 78.0 cm³/mol. The lowest BCUT2D eigenvalue weighted by molar-refractivity contribution is -0.151. The molecule has 5 nitrogen and oxygen atoms in total. The topological polar surface area (TPSA) is 70.0 Å². The highest BCUT2D eigenvalue weighted by atomic mass is 16.5. The first kappa shape index (κ1) is 12.7. The van der Waals surface area contributed by atoms with Gasteiger partial charge in [0, 0.05) is 11.6 Å². The molecule has 4 atom stereocenters. The number of rotatable bonds is 0. The van der Waals surface area contributed by atoms with Crippen molar-refractivity contribution in [2.45, 2.75) is 36.0 Å². The first-order valence-corrected chi connectivity index (χ1v) is 7.67. The number of piperidine rings is 1. The first-order chi connectivity index (χ1) is 10.5. The fraction of sp³-hybridized carbons (Fsp3) is 0.471. The maximum Gasteiger partial charge on any atom is 0.196 e. The molecule has 0 radical (unpaired) electrons. The number of carbonyl (C=O) groups excluding carboxylic acids is 1. The number of aromatic hydroxyl groups is 1. The zero-order chi connectivity index (χ0) is 15.3. The molecule has 1 unspecified atom stereocenters. The number of nitrogens with zero attached hydrogens (tertiary/aromatic N) is 1. The van der Waals surface area contributed by atoms with Gasteiger partial charge in [-0.3, -0.25) is 9.69 Å². The van der Waals surface area contributed by atoms with Crippen molar-refractivity contribution in [2.24, 2.45) is 0 Å². The lowest BCUT2D eigenvalue weighted by Gasteiger charge is -2.60. The lowest BCUT2D eigenvalue weighted by atomic mass is 9.51. The monoisotopic (exact) mass is 299 g/mol. The van der Waals surface area contributed by atoms with Crippen LogP contribution in [0.5, 0.6) is 11.5 Å². The van der Waals surface area contributed by atoms with Gasteiger partial charge in [0.2, 0.25) is 0 Å². The van der Waals surface area contributed by atoms with E-state index in [-0.39, 0.29) is 17.6 Å². The van der Waals surface area contributed by atoms with Crippen LogP contribution in [0.15, 0.2) is 24.3 Å². The SMILES string of the molecule is CN1CCC23c4c5ccc(O)c4O[C@H]2C(=O)C=C[C@@]3(O)[C@H]1C5. The summed E-state index contributed by atoms with van der Waals surface area (Å²) in [6.07, 6.45) is 3.70. The van der Waals surface area contributed by atoms with E-state index >= 15 is 0 Å². The fourth-order valence-electron chi connectivity index (χ4n) is 5.13. The van der Waals surface area contributed by atoms with E-state index < -0.39 is 17.1 Å². The molecule has 22 heavy (non-hydrogen) atoms. The van der Waals surface area contributed by atoms with Gasteiger partial charge in [-0.15, -0.1) is 0 Å². The van der Waals surface area contributed by atoms with Crippen LogP contribution in [0, 0.1) is 0 Å². The number of aliphatic hydroxyl groups is 1. The molecule has 4 aliphatic rings. The van der Waals surface area contributed by atoms with E-state index in [1.807, 2.05) is 13.1 Å². The van der Waals surface area contributed by atoms with E-state index in [1.165, 1.54) is 6.08 Å². The minimum absolute atomic E-state index is 0.0510. The Morgan fingerprint density at radius 3 is 3.05 bits per heavy atom. The second-order valence-electron chi connectivity index (χ2n) is 6.93. The van der Waals surface area contributed by atoms with Gasteiger partial charge in [-0.2, -0.15) is 0 Å². The third kappa shape index (κ3) is 1.08. The third-order valence-electron chi connectivity index (χ3n) is 6.14. The standard InChI is InChI=1S/C17H17NO4/c1-18-7-6-16-13-9-2-3-10(19)14(13)22-15(16)11(20)4-5-17(16,21)12(18)8-9/h2-5,12,15,19,21H,6-8H2,1H3/t12-,15+,16?,17-/m1/s1. The molecule has 2 bridgehead atoms. The Morgan fingerprint density at radius 1 is 1.41 bits per heavy atom. The van der Waals surface area contributed by atoms with Crippen molar-refractivity contribution in [1.82, 2.24) is 4.90 Å². The van der Waals surface area contributed by atoms with Crippen LogP contribution in [0.2, 0.25) is 0 Å². The van der Waals surface area contributed by atoms with Crippen molar-refractivity contribution in [3.05, 3.63) is 35.4 Å². The number of phenols is 1. The number of carbonyl (C=O) groups is 1. The van der Waals surface area contributed by atoms with Crippen molar-refractivity contribution in [2.75, 3.05) is 13.6 Å². The summed E-state index contributed by atoms with van der Waals surface area (Å²) < 4.78 is 5.89. The van der Waals surface area contributed by atoms with Gasteiger partial charge in [-0.05, 0) is 50.2 Å². The number of ketones is 1. The molecule has 0 aromatic heterocycles. The molecule has 2 heterocycles. The molecule has 1 spiro atoms. The van der Waals surface area contributed by atoms with Crippen LogP contribution < -0.4 is 4.74 Å². The molecule has 2 aliphatic carbocycles. The van der Waals surface area contributed by atoms with Crippen LogP contribution in [-0.4, -0.2) is 52.2 Å². The summed E-state index contributed by atoms with van der Waals surface area (Å²) in [4.78, 5) is 14.6. The van der Waals surface area contributed by atoms with Gasteiger partial charge in [0.05, 0.1) is 5.41 Å². The van der Waals surface area contributed by atoms with Crippen molar-refractivity contribution in [3.8, 4) is 11.5 Å². The fourth-order valence-corrected chi connectivity index (χ4v) is 5.13. The number of likely N-dealkylation sites (N-methyl/N-ethyl adjacent to an activating group) is 1. The molecule has 2 N–H and O–H groups in total. The zero-order valence-electron chi connectivity index (χ0n) is 12.2. The van der Waals surface area contributed by atoms with E-state index in [9.17, 15) is 15.0 Å². The highest BCUT2D eigenvalue weighted by Gasteiger charge is 2.71. The molecule has 1 aromatic carbocycles. The molecule has 5 rings (SSSR count). The summed E-state index contributed by atoms with van der Waals surface area (Å²) in [7, 11) is 2.01. The number of hydrogen-bond donors (Lipinski definition) is 2. The van der Waals surface area contributed by atoms with Crippen molar-refractivity contribution in [1.29, 1.82) is 0 Å². The molecule has 0 saturated carbocycles. The molecule has 114 valence electrons. The van der Waals surface area contributed by atoms with Crippen molar-refractivity contribution in [3.63, 3.8) is 0 Å². The maximum absolute atomic E-state index is 12.4. The Bertz CT molecular complexity index is 757. The number of ether oxygens (including phenoxy) is 1. The zero-order valence-corrected chi connectivity index (χ0v) is 12.2. The van der Waals surface area contributed by atoms with Gasteiger partial charge >= 0.3 is 0 Å². The van der Waals surface area contributed by atoms with E-state index in [4.69, 9.17) is 4.74 Å². The van der Waals surface area contributed by atoms with Crippen LogP contribution in [-0.2, 0) is 16.6 Å². The Labute approximate surface area is 127 Å². The van der Waals surface area contributed by atoms with E-state index in [0.717, 1.165) is 17.7 Å². The van der Waals surface area contributed by atoms with Crippen LogP contribution in [0.3, 0.4) is 0 Å². The van der Waals surface area contributed by atoms with Crippen molar-refractivity contribution < 1.29 is 19.7 Å². The average Bonchev–Trinajstić information content (AvgIpc) is 2.85. The van der Waals surface area contributed by atoms with Gasteiger partial charge in [0.1, 0.15) is 5.60 Å². The molecule has 1 fully saturated rings. The minimum Gasteiger partial charge on any atom is -0.504 e. The van der Waals surface area contributed by atoms with E-state index in [1.54, 1.807) is 12.1 Å². The highest BCUT2D eigenvalue weighted by molar-refractivity contribution is 5.99. The van der Waals surface area contributed by atoms with Gasteiger partial charge in [0.15, 0.2) is 23.4 Å². The van der Waals surface area contributed by atoms with Gasteiger partial charge < -0.3 is 14.9 Å². The number of likely N-dealkylation sites (tertiary alicyclic amines) is 1. The first-order valence-electron chi connectivity index (χ1n) is 7.67. The van der Waals surface area contributed by atoms with Gasteiger partial charge in [-0.1, -0.05) is 6.07 Å². The molecular formula is C17H17NO4. The van der Waals surface area contributed by atoms with Crippen LogP contribution in [0.1, 0.15) is 17.5 Å². The summed E-state index contributed by atoms with van der Waals surface area (Å²) in [5, 5.41) is 21.7. The maximum atomic E-state index is 12.4. The normalized spacial score (nSPS) is 41.3. The van der Waals surface area contributed by atoms with Crippen LogP contribution in [0.25, 0.3) is 0 Å². The second-order valence-corrected chi connectivity index (χ2v) is 6.93. The number of phenolic OH excluding ortho intramolecular Hbond substituents is 1. The Balaban J connectivity index is 1.91. The van der Waals surface area contributed by atoms with Gasteiger partial charge in [0.25, 0.3) is 0 Å². The highest BCUT2D eigenvalue weighted by Crippen LogP contribution is 2.63. The summed E-state index contributed by atoms with van der Waals surface area (Å²) in [5.74, 6) is 0.312. The summed E-state index contributed by atoms with van der Waals surface area (Å²) in [6, 6.07) is 3.44. The Morgan fingerprint density at radius 2 is 2.23 bits per heavy atom. The molecule has 1 aromatic rings. The molecule has 1 saturated heterocycles. The van der Waals surface area contributed by atoms with Gasteiger partial charge in [-0.25, -0.2) is 0 Å². The Kier molecular flexibility index (Phi) is 2.04. The smallest absolute Gasteiger partial charge is 0.196 e. The number of benzene rings is 1. The largest absolute Gasteiger partial charge is 0.504 e. The van der Waals surface area contributed by atoms with Crippen molar-refractivity contribution >= 4 is 5.78 Å². The van der Waals surface area contributed by atoms with E-state index in [0.29, 0.717) is 18.6 Å². The third-order valence-corrected chi connectivity index (χ3v) is 6.14. The minimum atomic E-state index is -1.13. The van der Waals surface area contributed by atoms with Crippen LogP contribution >= 0.6 is 0 Å². The number of hydrogen-bond acceptors (Lipinski definition) is 5. The molecule has 5 heteroatoms. The Hall–Kier alpha value is -1.85. The van der Waals surface area contributed by atoms with Crippen LogP contribution in [0.4, 0.5) is 0 Å². The molecule has 0 amide bonds. The average molecular weight is 299 g/mol. The summed E-state index contributed by atoms with van der Waals surface area (Å²) in [6.45, 7) is 0.794. The lowest BCUT2D eigenvalue weighted by Crippen LogP contribution is -2.74. The molecule has 2 aliphatic heterocycles. The van der Waals surface area contributed by atoms with E-state index in [2.05, 4.69) is 4.90 Å². The summed E-state index contributed by atoms with van der Waals surface area (Å²) >= 11 is 0. The predicted octanol–water partition coefficient (Wildman–Crippen LogP) is 0.521. The summed E-state index contributed by atoms with van der Waals surface area (Å²) in [5.41, 5.74) is 0.0177. The molecular weight excluding hydrogens is 282 g/mol. The second kappa shape index (κ2) is 3.55. The quantitative estimate of drug-likeness (QED) is 0.731.